The van der Waals surface area contributed by atoms with Crippen LogP contribution in [0, 0.1) is 6.92 Å². The zero-order valence-electron chi connectivity index (χ0n) is 14.0. The topological polar surface area (TPSA) is 63.9 Å². The summed E-state index contributed by atoms with van der Waals surface area (Å²) in [6, 6.07) is 11.3. The molecule has 2 heterocycles. The molecule has 2 aromatic heterocycles. The van der Waals surface area contributed by atoms with Gasteiger partial charge < -0.3 is 15.2 Å². The molecule has 0 spiro atoms. The number of urea groups is 1. The number of anilines is 1. The first kappa shape index (κ1) is 15.9. The lowest BCUT2D eigenvalue weighted by molar-refractivity contribution is 0.249. The van der Waals surface area contributed by atoms with Crippen LogP contribution >= 0.6 is 0 Å². The van der Waals surface area contributed by atoms with Crippen LogP contribution in [0.15, 0.2) is 55.0 Å². The lowest BCUT2D eigenvalue weighted by Crippen LogP contribution is -2.31. The van der Waals surface area contributed by atoms with Gasteiger partial charge in [-0.1, -0.05) is 6.07 Å². The van der Waals surface area contributed by atoms with Gasteiger partial charge in [0.2, 0.25) is 0 Å². The van der Waals surface area contributed by atoms with Gasteiger partial charge in [-0.2, -0.15) is 5.10 Å². The van der Waals surface area contributed by atoms with Gasteiger partial charge in [-0.05, 0) is 44.2 Å². The van der Waals surface area contributed by atoms with Crippen molar-refractivity contribution in [2.24, 2.45) is 7.05 Å². The quantitative estimate of drug-likeness (QED) is 0.773. The fourth-order valence-corrected chi connectivity index (χ4v) is 2.63. The second-order valence-corrected chi connectivity index (χ2v) is 5.77. The molecule has 0 radical (unpaired) electrons. The van der Waals surface area contributed by atoms with Crippen molar-refractivity contribution in [3.8, 4) is 5.69 Å². The van der Waals surface area contributed by atoms with E-state index in [2.05, 4.69) is 15.7 Å². The van der Waals surface area contributed by atoms with Gasteiger partial charge in [0.1, 0.15) is 0 Å². The van der Waals surface area contributed by atoms with Gasteiger partial charge in [0.25, 0.3) is 0 Å². The van der Waals surface area contributed by atoms with Crippen LogP contribution in [0.3, 0.4) is 0 Å². The summed E-state index contributed by atoms with van der Waals surface area (Å²) in [5, 5.41) is 10.0. The second-order valence-electron chi connectivity index (χ2n) is 5.77. The minimum Gasteiger partial charge on any atom is -0.331 e. The summed E-state index contributed by atoms with van der Waals surface area (Å²) in [5.74, 6) is 0. The Bertz CT molecular complexity index is 835. The summed E-state index contributed by atoms with van der Waals surface area (Å²) in [4.78, 5) is 12.3. The highest BCUT2D eigenvalue weighted by molar-refractivity contribution is 5.89. The fraction of sp³-hybridized carbons (Fsp3) is 0.222. The van der Waals surface area contributed by atoms with Gasteiger partial charge >= 0.3 is 6.03 Å². The van der Waals surface area contributed by atoms with E-state index >= 15 is 0 Å². The van der Waals surface area contributed by atoms with Gasteiger partial charge in [-0.25, -0.2) is 4.79 Å². The van der Waals surface area contributed by atoms with Crippen LogP contribution in [0.1, 0.15) is 24.2 Å². The number of amides is 2. The van der Waals surface area contributed by atoms with E-state index < -0.39 is 0 Å². The number of nitrogens with one attached hydrogen (secondary N) is 2. The molecule has 0 aliphatic rings. The third kappa shape index (κ3) is 3.32. The van der Waals surface area contributed by atoms with E-state index in [1.54, 1.807) is 10.9 Å². The van der Waals surface area contributed by atoms with E-state index in [0.717, 1.165) is 22.6 Å². The largest absolute Gasteiger partial charge is 0.331 e. The summed E-state index contributed by atoms with van der Waals surface area (Å²) in [7, 11) is 1.89. The second kappa shape index (κ2) is 6.62. The molecule has 0 saturated carbocycles. The highest BCUT2D eigenvalue weighted by Gasteiger charge is 2.14. The highest BCUT2D eigenvalue weighted by atomic mass is 16.2. The van der Waals surface area contributed by atoms with E-state index in [4.69, 9.17) is 0 Å². The van der Waals surface area contributed by atoms with E-state index in [-0.39, 0.29) is 12.1 Å². The van der Waals surface area contributed by atoms with Gasteiger partial charge in [0, 0.05) is 42.1 Å². The minimum atomic E-state index is -0.240. The highest BCUT2D eigenvalue weighted by Crippen LogP contribution is 2.17. The van der Waals surface area contributed by atoms with Crippen LogP contribution in [-0.4, -0.2) is 20.4 Å². The first-order chi connectivity index (χ1) is 11.5. The monoisotopic (exact) mass is 323 g/mol. The molecule has 2 N–H and O–H groups in total. The first-order valence-corrected chi connectivity index (χ1v) is 7.84. The lowest BCUT2D eigenvalue weighted by atomic mass is 10.1. The lowest BCUT2D eigenvalue weighted by Gasteiger charge is -2.15. The van der Waals surface area contributed by atoms with Crippen LogP contribution in [0.25, 0.3) is 5.69 Å². The van der Waals surface area contributed by atoms with E-state index in [0.29, 0.717) is 0 Å². The van der Waals surface area contributed by atoms with Crippen LogP contribution < -0.4 is 10.6 Å². The number of hydrogen-bond acceptors (Lipinski definition) is 2. The minimum absolute atomic E-state index is 0.119. The van der Waals surface area contributed by atoms with Gasteiger partial charge in [0.15, 0.2) is 0 Å². The molecule has 6 nitrogen and oxygen atoms in total. The third-order valence-corrected chi connectivity index (χ3v) is 4.09. The van der Waals surface area contributed by atoms with Crippen molar-refractivity contribution in [3.05, 3.63) is 66.2 Å². The average Bonchev–Trinajstić information content (AvgIpc) is 3.19. The molecule has 1 aromatic carbocycles. The molecule has 24 heavy (non-hydrogen) atoms. The molecule has 1 unspecified atom stereocenters. The van der Waals surface area contributed by atoms with Gasteiger partial charge in [-0.15, -0.1) is 0 Å². The number of carbonyl (C=O) groups excluding carboxylic acids is 1. The van der Waals surface area contributed by atoms with Crippen LogP contribution in [0.4, 0.5) is 10.5 Å². The number of nitrogens with zero attached hydrogens (tertiary/aromatic N) is 3. The number of rotatable bonds is 4. The van der Waals surface area contributed by atoms with Crippen molar-refractivity contribution in [3.63, 3.8) is 0 Å². The molecule has 0 fully saturated rings. The number of hydrogen-bond donors (Lipinski definition) is 2. The number of benzene rings is 1. The molecule has 1 atom stereocenters. The summed E-state index contributed by atoms with van der Waals surface area (Å²) in [6.45, 7) is 3.93. The Kier molecular flexibility index (Phi) is 4.37. The Morgan fingerprint density at radius 2 is 1.96 bits per heavy atom. The maximum Gasteiger partial charge on any atom is 0.319 e. The van der Waals surface area contributed by atoms with Gasteiger partial charge in [-0.3, -0.25) is 4.68 Å². The predicted octanol–water partition coefficient (Wildman–Crippen LogP) is 3.40. The van der Waals surface area contributed by atoms with Crippen LogP contribution in [0.2, 0.25) is 0 Å². The third-order valence-electron chi connectivity index (χ3n) is 4.09. The molecule has 0 aliphatic heterocycles. The van der Waals surface area contributed by atoms with E-state index in [1.165, 1.54) is 0 Å². The van der Waals surface area contributed by atoms with E-state index in [9.17, 15) is 4.79 Å². The Hall–Kier alpha value is -3.02. The van der Waals surface area contributed by atoms with Crippen molar-refractivity contribution in [2.75, 3.05) is 5.32 Å². The van der Waals surface area contributed by atoms with Crippen molar-refractivity contribution in [2.45, 2.75) is 19.9 Å². The molecule has 6 heteroatoms. The summed E-state index contributed by atoms with van der Waals surface area (Å²) < 4.78 is 3.79. The molecule has 2 amide bonds. The summed E-state index contributed by atoms with van der Waals surface area (Å²) in [5.41, 5.74) is 3.79. The summed E-state index contributed by atoms with van der Waals surface area (Å²) in [6.07, 6.45) is 5.71. The van der Waals surface area contributed by atoms with Crippen LogP contribution in [0.5, 0.6) is 0 Å². The Morgan fingerprint density at radius 3 is 2.62 bits per heavy atom. The number of aryl methyl sites for hydroxylation is 1. The van der Waals surface area contributed by atoms with Crippen molar-refractivity contribution >= 4 is 11.7 Å². The predicted molar refractivity (Wildman–Crippen MR) is 94.3 cm³/mol. The van der Waals surface area contributed by atoms with Gasteiger partial charge in [0.05, 0.1) is 12.2 Å². The first-order valence-electron chi connectivity index (χ1n) is 7.84. The molecule has 0 aliphatic carbocycles. The fourth-order valence-electron chi connectivity index (χ4n) is 2.63. The zero-order valence-corrected chi connectivity index (χ0v) is 14.0. The number of aromatic nitrogens is 3. The van der Waals surface area contributed by atoms with Crippen molar-refractivity contribution < 1.29 is 4.79 Å². The standard InChI is InChI=1S/C18H21N5O/c1-13(17-12-19-22(3)14(17)2)20-18(24)21-15-7-6-8-16(11-15)23-9-4-5-10-23/h4-13H,1-3H3,(H2,20,21,24). The van der Waals surface area contributed by atoms with Crippen molar-refractivity contribution in [1.29, 1.82) is 0 Å². The average molecular weight is 323 g/mol. The molecule has 3 rings (SSSR count). The molecular formula is C18H21N5O. The number of carbonyl (C=O) groups is 1. The Balaban J connectivity index is 1.67. The van der Waals surface area contributed by atoms with Crippen LogP contribution in [-0.2, 0) is 7.05 Å². The normalized spacial score (nSPS) is 12.0. The molecular weight excluding hydrogens is 302 g/mol. The maximum atomic E-state index is 12.3. The van der Waals surface area contributed by atoms with E-state index in [1.807, 2.05) is 74.3 Å². The Labute approximate surface area is 141 Å². The molecule has 124 valence electrons. The maximum absolute atomic E-state index is 12.3. The molecule has 0 bridgehead atoms. The molecule has 3 aromatic rings. The molecule has 0 saturated heterocycles. The summed E-state index contributed by atoms with van der Waals surface area (Å²) >= 11 is 0. The Morgan fingerprint density at radius 1 is 1.21 bits per heavy atom. The zero-order chi connectivity index (χ0) is 17.1. The SMILES string of the molecule is Cc1c(C(C)NC(=O)Nc2cccc(-n3cccc3)c2)cnn1C. The smallest absolute Gasteiger partial charge is 0.319 e. The van der Waals surface area contributed by atoms with Crippen molar-refractivity contribution in [1.82, 2.24) is 19.7 Å².